The quantitative estimate of drug-likeness (QED) is 0.533. The van der Waals surface area contributed by atoms with Gasteiger partial charge in [0.25, 0.3) is 5.91 Å². The summed E-state index contributed by atoms with van der Waals surface area (Å²) >= 11 is 0. The minimum atomic E-state index is -0.0971. The van der Waals surface area contributed by atoms with Crippen LogP contribution in [0.4, 0.5) is 0 Å². The molecule has 8 nitrogen and oxygen atoms in total. The van der Waals surface area contributed by atoms with Crippen molar-refractivity contribution in [2.24, 2.45) is 7.05 Å². The number of fused-ring (bicyclic) bond motifs is 1. The monoisotopic (exact) mass is 378 g/mol. The lowest BCUT2D eigenvalue weighted by Gasteiger charge is -2.18. The summed E-state index contributed by atoms with van der Waals surface area (Å²) in [5, 5.41) is 9.50. The number of aryl methyl sites for hydroxylation is 3. The smallest absolute Gasteiger partial charge is 0.254 e. The van der Waals surface area contributed by atoms with Crippen LogP contribution in [0.5, 0.6) is 0 Å². The van der Waals surface area contributed by atoms with Crippen molar-refractivity contribution in [1.29, 1.82) is 0 Å². The lowest BCUT2D eigenvalue weighted by atomic mass is 10.1. The van der Waals surface area contributed by atoms with Gasteiger partial charge in [0, 0.05) is 26.8 Å². The molecule has 0 fully saturated rings. The normalized spacial score (nSPS) is 11.3. The Bertz CT molecular complexity index is 1140. The molecule has 0 aliphatic heterocycles. The molecule has 0 bridgehead atoms. The number of furan rings is 1. The number of rotatable bonds is 5. The second kappa shape index (κ2) is 6.95. The van der Waals surface area contributed by atoms with Gasteiger partial charge in [0.2, 0.25) is 0 Å². The van der Waals surface area contributed by atoms with Crippen LogP contribution >= 0.6 is 0 Å². The highest BCUT2D eigenvalue weighted by Gasteiger charge is 2.23. The first kappa shape index (κ1) is 18.0. The third-order valence-corrected chi connectivity index (χ3v) is 4.82. The second-order valence-electron chi connectivity index (χ2n) is 6.74. The van der Waals surface area contributed by atoms with Gasteiger partial charge in [-0.25, -0.2) is 4.98 Å². The molecule has 4 aromatic heterocycles. The van der Waals surface area contributed by atoms with E-state index in [2.05, 4.69) is 15.2 Å². The molecule has 0 spiro atoms. The molecule has 4 heterocycles. The maximum absolute atomic E-state index is 13.4. The van der Waals surface area contributed by atoms with E-state index < -0.39 is 0 Å². The molecule has 28 heavy (non-hydrogen) atoms. The van der Waals surface area contributed by atoms with Crippen molar-refractivity contribution in [2.45, 2.75) is 26.9 Å². The number of amides is 1. The van der Waals surface area contributed by atoms with E-state index in [0.29, 0.717) is 29.2 Å². The van der Waals surface area contributed by atoms with E-state index in [1.807, 2.05) is 37.7 Å². The minimum absolute atomic E-state index is 0.0971. The van der Waals surface area contributed by atoms with Gasteiger partial charge in [0.15, 0.2) is 11.4 Å². The molecular weight excluding hydrogens is 356 g/mol. The molecule has 1 amide bonds. The summed E-state index contributed by atoms with van der Waals surface area (Å²) in [5.41, 5.74) is 3.58. The van der Waals surface area contributed by atoms with Crippen LogP contribution in [0, 0.1) is 6.92 Å². The highest BCUT2D eigenvalue weighted by Crippen LogP contribution is 2.28. The van der Waals surface area contributed by atoms with Gasteiger partial charge < -0.3 is 9.32 Å². The van der Waals surface area contributed by atoms with Gasteiger partial charge in [-0.1, -0.05) is 0 Å². The Morgan fingerprint density at radius 2 is 2.14 bits per heavy atom. The van der Waals surface area contributed by atoms with Crippen molar-refractivity contribution in [1.82, 2.24) is 29.4 Å². The zero-order chi connectivity index (χ0) is 19.8. The van der Waals surface area contributed by atoms with Gasteiger partial charge in [-0.15, -0.1) is 0 Å². The first-order valence-corrected chi connectivity index (χ1v) is 9.14. The van der Waals surface area contributed by atoms with Crippen LogP contribution in [0.2, 0.25) is 0 Å². The fourth-order valence-electron chi connectivity index (χ4n) is 3.46. The highest BCUT2D eigenvalue weighted by atomic mass is 16.3. The Kier molecular flexibility index (Phi) is 4.46. The van der Waals surface area contributed by atoms with Crippen LogP contribution in [-0.2, 0) is 20.1 Å². The Morgan fingerprint density at radius 3 is 2.86 bits per heavy atom. The van der Waals surface area contributed by atoms with Gasteiger partial charge in [0.1, 0.15) is 5.69 Å². The summed E-state index contributed by atoms with van der Waals surface area (Å²) in [5.74, 6) is 0.515. The molecule has 0 N–H and O–H groups in total. The topological polar surface area (TPSA) is 82.0 Å². The van der Waals surface area contributed by atoms with Gasteiger partial charge >= 0.3 is 0 Å². The maximum atomic E-state index is 13.4. The number of hydrogen-bond donors (Lipinski definition) is 0. The Morgan fingerprint density at radius 1 is 1.32 bits per heavy atom. The molecule has 0 radical (unpaired) electrons. The SMILES string of the molecule is CCn1nccc1CN(C)C(=O)c1cc(-c2ccco2)nc2c1c(C)nn2C. The number of pyridine rings is 1. The average Bonchev–Trinajstić information content (AvgIpc) is 3.42. The van der Waals surface area contributed by atoms with Crippen LogP contribution in [0.25, 0.3) is 22.5 Å². The van der Waals surface area contributed by atoms with Crippen LogP contribution in [-0.4, -0.2) is 42.4 Å². The third kappa shape index (κ3) is 2.96. The molecule has 0 unspecified atom stereocenters. The summed E-state index contributed by atoms with van der Waals surface area (Å²) in [6.07, 6.45) is 3.34. The summed E-state index contributed by atoms with van der Waals surface area (Å²) in [7, 11) is 3.62. The molecular formula is C20H22N6O2. The van der Waals surface area contributed by atoms with E-state index in [1.165, 1.54) is 0 Å². The van der Waals surface area contributed by atoms with Crippen LogP contribution in [0.3, 0.4) is 0 Å². The van der Waals surface area contributed by atoms with Crippen molar-refractivity contribution >= 4 is 16.9 Å². The lowest BCUT2D eigenvalue weighted by Crippen LogP contribution is -2.28. The minimum Gasteiger partial charge on any atom is -0.463 e. The number of aromatic nitrogens is 5. The molecule has 0 aliphatic carbocycles. The Labute approximate surface area is 162 Å². The summed E-state index contributed by atoms with van der Waals surface area (Å²) in [6.45, 7) is 5.14. The molecule has 4 rings (SSSR count). The standard InChI is InChI=1S/C20H22N6O2/c1-5-26-14(8-9-21-26)12-24(3)20(27)15-11-16(17-7-6-10-28-17)22-19-18(15)13(2)23-25(19)4/h6-11H,5,12H2,1-4H3. The number of carbonyl (C=O) groups excluding carboxylic acids is 1. The summed E-state index contributed by atoms with van der Waals surface area (Å²) in [6, 6.07) is 7.34. The number of nitrogens with zero attached hydrogens (tertiary/aromatic N) is 6. The van der Waals surface area contributed by atoms with Crippen LogP contribution in [0.1, 0.15) is 28.7 Å². The van der Waals surface area contributed by atoms with Crippen molar-refractivity contribution in [2.75, 3.05) is 7.05 Å². The molecule has 0 saturated heterocycles. The Hall–Kier alpha value is -3.42. The predicted molar refractivity (Wildman–Crippen MR) is 105 cm³/mol. The van der Waals surface area contributed by atoms with Crippen molar-refractivity contribution in [3.63, 3.8) is 0 Å². The third-order valence-electron chi connectivity index (χ3n) is 4.82. The van der Waals surface area contributed by atoms with Gasteiger partial charge in [0.05, 0.1) is 35.1 Å². The molecule has 4 aromatic rings. The van der Waals surface area contributed by atoms with Crippen molar-refractivity contribution in [3.8, 4) is 11.5 Å². The summed E-state index contributed by atoms with van der Waals surface area (Å²) < 4.78 is 9.08. The van der Waals surface area contributed by atoms with Crippen LogP contribution < -0.4 is 0 Å². The molecule has 0 aliphatic rings. The van der Waals surface area contributed by atoms with Gasteiger partial charge in [-0.2, -0.15) is 10.2 Å². The second-order valence-corrected chi connectivity index (χ2v) is 6.74. The molecule has 0 saturated carbocycles. The fraction of sp³-hybridized carbons (Fsp3) is 0.300. The van der Waals surface area contributed by atoms with E-state index in [1.54, 1.807) is 41.2 Å². The molecule has 144 valence electrons. The van der Waals surface area contributed by atoms with Gasteiger partial charge in [-0.05, 0) is 38.1 Å². The van der Waals surface area contributed by atoms with E-state index >= 15 is 0 Å². The fourth-order valence-corrected chi connectivity index (χ4v) is 3.46. The maximum Gasteiger partial charge on any atom is 0.254 e. The van der Waals surface area contributed by atoms with Gasteiger partial charge in [-0.3, -0.25) is 14.2 Å². The molecule has 0 atom stereocenters. The first-order valence-electron chi connectivity index (χ1n) is 9.14. The zero-order valence-corrected chi connectivity index (χ0v) is 16.4. The zero-order valence-electron chi connectivity index (χ0n) is 16.4. The highest BCUT2D eigenvalue weighted by molar-refractivity contribution is 6.07. The summed E-state index contributed by atoms with van der Waals surface area (Å²) in [4.78, 5) is 19.7. The Balaban J connectivity index is 1.79. The van der Waals surface area contributed by atoms with E-state index in [0.717, 1.165) is 23.3 Å². The van der Waals surface area contributed by atoms with Crippen molar-refractivity contribution in [3.05, 3.63) is 53.7 Å². The molecule has 0 aromatic carbocycles. The predicted octanol–water partition coefficient (Wildman–Crippen LogP) is 3.03. The largest absolute Gasteiger partial charge is 0.463 e. The van der Waals surface area contributed by atoms with E-state index in [4.69, 9.17) is 4.42 Å². The van der Waals surface area contributed by atoms with E-state index in [-0.39, 0.29) is 5.91 Å². The average molecular weight is 378 g/mol. The van der Waals surface area contributed by atoms with Crippen molar-refractivity contribution < 1.29 is 9.21 Å². The molecule has 8 heteroatoms. The first-order chi connectivity index (χ1) is 13.5. The number of carbonyl (C=O) groups is 1. The van der Waals surface area contributed by atoms with E-state index in [9.17, 15) is 4.79 Å². The van der Waals surface area contributed by atoms with Crippen LogP contribution in [0.15, 0.2) is 41.1 Å². The number of hydrogen-bond acceptors (Lipinski definition) is 5. The lowest BCUT2D eigenvalue weighted by molar-refractivity contribution is 0.0783.